The van der Waals surface area contributed by atoms with Gasteiger partial charge >= 0.3 is 0 Å². The molecule has 0 fully saturated rings. The zero-order valence-corrected chi connectivity index (χ0v) is 26.4. The molecule has 0 amide bonds. The number of fused-ring (bicyclic) bond motifs is 6. The number of nitrogens with zero attached hydrogens (tertiary/aromatic N) is 1. The van der Waals surface area contributed by atoms with E-state index in [1.807, 2.05) is 0 Å². The molecule has 1 aliphatic rings. The van der Waals surface area contributed by atoms with E-state index in [0.29, 0.717) is 0 Å². The van der Waals surface area contributed by atoms with Crippen LogP contribution in [0, 0.1) is 0 Å². The predicted octanol–water partition coefficient (Wildman–Crippen LogP) is 12.7. The Morgan fingerprint density at radius 2 is 1.11 bits per heavy atom. The third-order valence-corrected chi connectivity index (χ3v) is 9.85. The lowest BCUT2D eigenvalue weighted by molar-refractivity contribution is 0.619. The lowest BCUT2D eigenvalue weighted by Gasteiger charge is -2.26. The van der Waals surface area contributed by atoms with E-state index in [4.69, 9.17) is 4.42 Å². The van der Waals surface area contributed by atoms with E-state index in [0.717, 1.165) is 28.4 Å². The van der Waals surface area contributed by atoms with Crippen LogP contribution in [0.4, 0.5) is 17.1 Å². The van der Waals surface area contributed by atoms with Crippen LogP contribution in [0.25, 0.3) is 55.3 Å². The Balaban J connectivity index is 1.15. The Kier molecular flexibility index (Phi) is 6.20. The average molecular weight is 604 g/mol. The highest BCUT2D eigenvalue weighted by Gasteiger charge is 2.41. The molecule has 1 heterocycles. The molecule has 1 aliphatic carbocycles. The molecule has 2 nitrogen and oxygen atoms in total. The summed E-state index contributed by atoms with van der Waals surface area (Å²) < 4.78 is 6.58. The number of benzene rings is 7. The van der Waals surface area contributed by atoms with Crippen LogP contribution in [0.15, 0.2) is 168 Å². The van der Waals surface area contributed by atoms with Crippen LogP contribution in [0.5, 0.6) is 0 Å². The summed E-state index contributed by atoms with van der Waals surface area (Å²) in [6.45, 7) is 4.63. The third kappa shape index (κ3) is 4.40. The van der Waals surface area contributed by atoms with Crippen LogP contribution in [0.1, 0.15) is 25.0 Å². The van der Waals surface area contributed by atoms with Gasteiger partial charge in [0, 0.05) is 39.0 Å². The molecule has 0 radical (unpaired) electrons. The molecule has 47 heavy (non-hydrogen) atoms. The lowest BCUT2D eigenvalue weighted by atomic mass is 9.81. The maximum atomic E-state index is 6.58. The van der Waals surface area contributed by atoms with Crippen molar-refractivity contribution in [2.75, 3.05) is 4.90 Å². The fourth-order valence-electron chi connectivity index (χ4n) is 7.52. The van der Waals surface area contributed by atoms with Crippen molar-refractivity contribution < 1.29 is 4.42 Å². The van der Waals surface area contributed by atoms with Crippen LogP contribution in [0.2, 0.25) is 0 Å². The first-order valence-electron chi connectivity index (χ1n) is 16.3. The first-order valence-corrected chi connectivity index (χ1v) is 16.3. The molecular weight excluding hydrogens is 571 g/mol. The van der Waals surface area contributed by atoms with E-state index in [1.54, 1.807) is 0 Å². The highest BCUT2D eigenvalue weighted by Crippen LogP contribution is 2.55. The number of hydrogen-bond acceptors (Lipinski definition) is 2. The first kappa shape index (κ1) is 27.5. The Morgan fingerprint density at radius 1 is 0.489 bits per heavy atom. The minimum atomic E-state index is -0.147. The van der Waals surface area contributed by atoms with E-state index in [9.17, 15) is 0 Å². The minimum Gasteiger partial charge on any atom is -0.456 e. The summed E-state index contributed by atoms with van der Waals surface area (Å²) in [7, 11) is 0. The Bertz CT molecular complexity index is 2410. The van der Waals surface area contributed by atoms with Crippen molar-refractivity contribution in [1.82, 2.24) is 0 Å². The van der Waals surface area contributed by atoms with Gasteiger partial charge in [0.15, 0.2) is 0 Å². The molecule has 0 aliphatic heterocycles. The molecule has 1 aromatic heterocycles. The summed E-state index contributed by atoms with van der Waals surface area (Å²) in [6, 6.07) is 58.8. The molecule has 9 rings (SSSR count). The van der Waals surface area contributed by atoms with Crippen molar-refractivity contribution in [3.63, 3.8) is 0 Å². The van der Waals surface area contributed by atoms with Crippen molar-refractivity contribution in [2.45, 2.75) is 19.3 Å². The zero-order chi connectivity index (χ0) is 31.5. The van der Waals surface area contributed by atoms with Gasteiger partial charge in [-0.3, -0.25) is 0 Å². The van der Waals surface area contributed by atoms with Crippen molar-refractivity contribution in [1.29, 1.82) is 0 Å². The summed E-state index contributed by atoms with van der Waals surface area (Å²) in [5.41, 5.74) is 12.7. The monoisotopic (exact) mass is 603 g/mol. The van der Waals surface area contributed by atoms with Gasteiger partial charge in [-0.15, -0.1) is 0 Å². The summed E-state index contributed by atoms with van der Waals surface area (Å²) >= 11 is 0. The third-order valence-electron chi connectivity index (χ3n) is 9.85. The van der Waals surface area contributed by atoms with Crippen molar-refractivity contribution in [2.24, 2.45) is 0 Å². The van der Waals surface area contributed by atoms with Crippen molar-refractivity contribution >= 4 is 38.8 Å². The normalized spacial score (nSPS) is 13.1. The largest absolute Gasteiger partial charge is 0.456 e. The second-order valence-electron chi connectivity index (χ2n) is 13.0. The van der Waals surface area contributed by atoms with Gasteiger partial charge in [0.25, 0.3) is 0 Å². The van der Waals surface area contributed by atoms with Crippen molar-refractivity contribution in [3.05, 3.63) is 175 Å². The fourth-order valence-corrected chi connectivity index (χ4v) is 7.52. The lowest BCUT2D eigenvalue weighted by Crippen LogP contribution is -2.14. The second kappa shape index (κ2) is 10.6. The fraction of sp³-hybridized carbons (Fsp3) is 0.0667. The van der Waals surface area contributed by atoms with Gasteiger partial charge in [-0.05, 0) is 81.1 Å². The van der Waals surface area contributed by atoms with Gasteiger partial charge < -0.3 is 9.32 Å². The van der Waals surface area contributed by atoms with Crippen LogP contribution in [-0.2, 0) is 5.41 Å². The van der Waals surface area contributed by atoms with Crippen LogP contribution < -0.4 is 4.90 Å². The summed E-state index contributed by atoms with van der Waals surface area (Å²) in [6.07, 6.45) is 0. The number of furan rings is 1. The quantitative estimate of drug-likeness (QED) is 0.195. The molecule has 0 bridgehead atoms. The maximum absolute atomic E-state index is 6.58. The molecule has 0 spiro atoms. The van der Waals surface area contributed by atoms with Crippen LogP contribution in [0.3, 0.4) is 0 Å². The number of hydrogen-bond donors (Lipinski definition) is 0. The maximum Gasteiger partial charge on any atom is 0.140 e. The van der Waals surface area contributed by atoms with E-state index < -0.39 is 0 Å². The summed E-state index contributed by atoms with van der Waals surface area (Å²) in [4.78, 5) is 2.35. The molecule has 2 heteroatoms. The molecule has 0 saturated heterocycles. The summed E-state index contributed by atoms with van der Waals surface area (Å²) in [5, 5.41) is 3.66. The second-order valence-corrected chi connectivity index (χ2v) is 13.0. The highest BCUT2D eigenvalue weighted by atomic mass is 16.3. The Labute approximate surface area is 275 Å². The molecule has 8 aromatic rings. The Hall–Kier alpha value is -5.86. The average Bonchev–Trinajstić information content (AvgIpc) is 3.62. The predicted molar refractivity (Wildman–Crippen MR) is 197 cm³/mol. The van der Waals surface area contributed by atoms with E-state index >= 15 is 0 Å². The van der Waals surface area contributed by atoms with Gasteiger partial charge in [-0.2, -0.15) is 0 Å². The van der Waals surface area contributed by atoms with E-state index in [1.165, 1.54) is 55.1 Å². The van der Waals surface area contributed by atoms with Gasteiger partial charge in [0.1, 0.15) is 11.3 Å². The van der Waals surface area contributed by atoms with Gasteiger partial charge in [-0.25, -0.2) is 0 Å². The highest BCUT2D eigenvalue weighted by molar-refractivity contribution is 5.99. The SMILES string of the molecule is CC1(C)c2cccc(-c3ccc(N(c4ccc(-c5ccccc5)cc4)c4ccc5ccccc5c4)cc3)c2-c2oc3ccccc3c21. The number of anilines is 3. The van der Waals surface area contributed by atoms with E-state index in [2.05, 4.69) is 183 Å². The molecule has 0 atom stereocenters. The molecule has 0 unspecified atom stereocenters. The standard InChI is InChI=1S/C45H33NO/c1-45(2)40-17-10-16-38(42(40)44-43(45)39-15-8-9-18-41(39)47-44)33-22-26-36(27-23-33)46(37-28-21-31-13-6-7-14-34(31)29-37)35-24-19-32(20-25-35)30-11-4-3-5-12-30/h3-29H,1-2H3. The zero-order valence-electron chi connectivity index (χ0n) is 26.4. The van der Waals surface area contributed by atoms with Gasteiger partial charge in [0.2, 0.25) is 0 Å². The topological polar surface area (TPSA) is 16.4 Å². The van der Waals surface area contributed by atoms with E-state index in [-0.39, 0.29) is 5.41 Å². The summed E-state index contributed by atoms with van der Waals surface area (Å²) in [5.74, 6) is 1.00. The molecular formula is C45H33NO. The van der Waals surface area contributed by atoms with Crippen molar-refractivity contribution in [3.8, 4) is 33.6 Å². The minimum absolute atomic E-state index is 0.147. The Morgan fingerprint density at radius 3 is 1.87 bits per heavy atom. The first-order chi connectivity index (χ1) is 23.1. The van der Waals surface area contributed by atoms with Crippen LogP contribution in [-0.4, -0.2) is 0 Å². The van der Waals surface area contributed by atoms with Crippen LogP contribution >= 0.6 is 0 Å². The molecule has 0 N–H and O–H groups in total. The smallest absolute Gasteiger partial charge is 0.140 e. The molecule has 7 aromatic carbocycles. The van der Waals surface area contributed by atoms with Gasteiger partial charge in [0.05, 0.1) is 0 Å². The number of rotatable bonds is 5. The molecule has 0 saturated carbocycles. The van der Waals surface area contributed by atoms with Gasteiger partial charge in [-0.1, -0.05) is 135 Å². The number of para-hydroxylation sites is 1. The molecule has 224 valence electrons.